The average Bonchev–Trinajstić information content (AvgIpc) is 3.55. The van der Waals surface area contributed by atoms with E-state index in [4.69, 9.17) is 0 Å². The topological polar surface area (TPSA) is 119 Å². The fraction of sp³-hybridized carbons (Fsp3) is 0.448. The van der Waals surface area contributed by atoms with Gasteiger partial charge in [-0.15, -0.1) is 0 Å². The number of carbonyl (C=O) groups excluding carboxylic acids is 4. The second-order valence-corrected chi connectivity index (χ2v) is 10.5. The Morgan fingerprint density at radius 2 is 1.45 bits per heavy atom. The summed E-state index contributed by atoms with van der Waals surface area (Å²) in [4.78, 5) is 57.3. The summed E-state index contributed by atoms with van der Waals surface area (Å²) in [7, 11) is 0. The Morgan fingerprint density at radius 1 is 0.789 bits per heavy atom. The maximum absolute atomic E-state index is 13.8. The summed E-state index contributed by atoms with van der Waals surface area (Å²) >= 11 is 0. The van der Waals surface area contributed by atoms with Crippen LogP contribution in [0.2, 0.25) is 0 Å². The summed E-state index contributed by atoms with van der Waals surface area (Å²) in [6, 6.07) is 16.0. The van der Waals surface area contributed by atoms with E-state index < -0.39 is 30.3 Å². The van der Waals surface area contributed by atoms with E-state index >= 15 is 0 Å². The summed E-state index contributed by atoms with van der Waals surface area (Å²) in [6.45, 7) is 0.448. The van der Waals surface area contributed by atoms with Crippen LogP contribution in [0.25, 0.3) is 0 Å². The van der Waals surface area contributed by atoms with Gasteiger partial charge in [0.2, 0.25) is 23.6 Å². The van der Waals surface area contributed by atoms with Crippen molar-refractivity contribution in [3.63, 3.8) is 0 Å². The van der Waals surface area contributed by atoms with Crippen LogP contribution in [0.4, 0.5) is 0 Å². The fourth-order valence-electron chi connectivity index (χ4n) is 5.88. The molecule has 9 nitrogen and oxygen atoms in total. The highest BCUT2D eigenvalue weighted by atomic mass is 16.3. The first-order chi connectivity index (χ1) is 18.4. The van der Waals surface area contributed by atoms with Crippen molar-refractivity contribution < 1.29 is 24.3 Å². The minimum atomic E-state index is -0.850. The Balaban J connectivity index is 1.48. The Kier molecular flexibility index (Phi) is 7.74. The Hall–Kier alpha value is -3.72. The molecular weight excluding hydrogens is 484 g/mol. The molecule has 2 aromatic rings. The number of aliphatic hydroxyl groups is 1. The second kappa shape index (κ2) is 11.3. The third-order valence-electron chi connectivity index (χ3n) is 7.70. The van der Waals surface area contributed by atoms with Crippen molar-refractivity contribution in [2.75, 3.05) is 13.1 Å². The lowest BCUT2D eigenvalue weighted by atomic mass is 10.0. The van der Waals surface area contributed by atoms with Crippen LogP contribution < -0.4 is 10.6 Å². The number of aliphatic hydroxyl groups excluding tert-OH is 1. The number of benzene rings is 2. The lowest BCUT2D eigenvalue weighted by molar-refractivity contribution is -0.147. The van der Waals surface area contributed by atoms with E-state index in [1.165, 1.54) is 4.90 Å². The van der Waals surface area contributed by atoms with Gasteiger partial charge in [0.15, 0.2) is 0 Å². The third kappa shape index (κ3) is 5.72. The van der Waals surface area contributed by atoms with Gasteiger partial charge in [-0.25, -0.2) is 0 Å². The van der Waals surface area contributed by atoms with Gasteiger partial charge in [-0.2, -0.15) is 0 Å². The lowest BCUT2D eigenvalue weighted by Crippen LogP contribution is -2.56. The molecule has 0 radical (unpaired) electrons. The van der Waals surface area contributed by atoms with Crippen molar-refractivity contribution >= 4 is 23.6 Å². The number of carbonyl (C=O) groups is 4. The molecule has 0 bridgehead atoms. The van der Waals surface area contributed by atoms with E-state index in [0.717, 1.165) is 11.1 Å². The largest absolute Gasteiger partial charge is 0.391 e. The molecule has 9 heteroatoms. The molecule has 3 aliphatic heterocycles. The van der Waals surface area contributed by atoms with Crippen molar-refractivity contribution in [2.45, 2.75) is 68.8 Å². The second-order valence-electron chi connectivity index (χ2n) is 10.5. The molecular formula is C29H34N4O5. The number of amides is 4. The zero-order chi connectivity index (χ0) is 26.6. The number of nitrogens with zero attached hydrogens (tertiary/aromatic N) is 2. The Labute approximate surface area is 222 Å². The SMILES string of the molecule is O=C1C[C@H](Cc2ccccc2)NC(=O)[C@@H]2C[C@@H](O)CN2C(=O)[C@@H]2CCCN2C(=O)[C@H](Cc2ccccc2)N1. The molecule has 0 unspecified atom stereocenters. The van der Waals surface area contributed by atoms with E-state index in [1.54, 1.807) is 4.90 Å². The molecule has 3 N–H and O–H groups in total. The number of fused-ring (bicyclic) bond motifs is 2. The van der Waals surface area contributed by atoms with Gasteiger partial charge < -0.3 is 25.5 Å². The van der Waals surface area contributed by atoms with Gasteiger partial charge in [-0.05, 0) is 30.4 Å². The van der Waals surface area contributed by atoms with Crippen molar-refractivity contribution in [2.24, 2.45) is 0 Å². The number of rotatable bonds is 4. The Bertz CT molecular complexity index is 1170. The molecule has 3 aliphatic rings. The van der Waals surface area contributed by atoms with Crippen LogP contribution in [-0.4, -0.2) is 81.9 Å². The summed E-state index contributed by atoms with van der Waals surface area (Å²) in [6.07, 6.45) is 1.12. The van der Waals surface area contributed by atoms with Crippen LogP contribution >= 0.6 is 0 Å². The van der Waals surface area contributed by atoms with Gasteiger partial charge in [0.1, 0.15) is 18.1 Å². The maximum atomic E-state index is 13.8. The van der Waals surface area contributed by atoms with Gasteiger partial charge in [0.05, 0.1) is 6.10 Å². The van der Waals surface area contributed by atoms with E-state index in [2.05, 4.69) is 10.6 Å². The van der Waals surface area contributed by atoms with E-state index in [9.17, 15) is 24.3 Å². The summed E-state index contributed by atoms with van der Waals surface area (Å²) in [5, 5.41) is 16.3. The monoisotopic (exact) mass is 518 g/mol. The molecule has 0 aromatic heterocycles. The number of nitrogens with one attached hydrogen (secondary N) is 2. The van der Waals surface area contributed by atoms with Crippen LogP contribution in [0.15, 0.2) is 60.7 Å². The predicted molar refractivity (Wildman–Crippen MR) is 140 cm³/mol. The molecule has 3 saturated heterocycles. The van der Waals surface area contributed by atoms with Crippen molar-refractivity contribution in [1.82, 2.24) is 20.4 Å². The normalized spacial score (nSPS) is 28.5. The maximum Gasteiger partial charge on any atom is 0.246 e. The zero-order valence-electron chi connectivity index (χ0n) is 21.3. The van der Waals surface area contributed by atoms with Crippen LogP contribution in [0.1, 0.15) is 36.8 Å². The molecule has 200 valence electrons. The molecule has 5 atom stereocenters. The first-order valence-electron chi connectivity index (χ1n) is 13.4. The fourth-order valence-corrected chi connectivity index (χ4v) is 5.88. The van der Waals surface area contributed by atoms with Crippen molar-refractivity contribution in [1.29, 1.82) is 0 Å². The highest BCUT2D eigenvalue weighted by molar-refractivity contribution is 5.96. The molecule has 3 fully saturated rings. The standard InChI is InChI=1S/C29H34N4O5/c34-22-17-25-27(36)30-21(14-19-8-3-1-4-9-19)16-26(35)31-23(15-20-10-5-2-6-11-20)28(37)32-13-7-12-24(32)29(38)33(25)18-22/h1-6,8-11,21-25,34H,7,12-18H2,(H,30,36)(H,31,35)/t21-,22+,23-,24-,25-/m0/s1. The van der Waals surface area contributed by atoms with Crippen molar-refractivity contribution in [3.8, 4) is 0 Å². The van der Waals surface area contributed by atoms with Gasteiger partial charge in [-0.1, -0.05) is 60.7 Å². The summed E-state index contributed by atoms with van der Waals surface area (Å²) in [5.41, 5.74) is 1.85. The molecule has 0 saturated carbocycles. The molecule has 0 spiro atoms. The van der Waals surface area contributed by atoms with Crippen molar-refractivity contribution in [3.05, 3.63) is 71.8 Å². The lowest BCUT2D eigenvalue weighted by Gasteiger charge is -2.32. The van der Waals surface area contributed by atoms with Gasteiger partial charge >= 0.3 is 0 Å². The Morgan fingerprint density at radius 3 is 2.13 bits per heavy atom. The predicted octanol–water partition coefficient (Wildman–Crippen LogP) is 0.798. The highest BCUT2D eigenvalue weighted by Crippen LogP contribution is 2.27. The summed E-state index contributed by atoms with van der Waals surface area (Å²) < 4.78 is 0. The third-order valence-corrected chi connectivity index (χ3v) is 7.70. The minimum Gasteiger partial charge on any atom is -0.391 e. The van der Waals surface area contributed by atoms with Gasteiger partial charge in [0, 0.05) is 38.4 Å². The average molecular weight is 519 g/mol. The van der Waals surface area contributed by atoms with E-state index in [0.29, 0.717) is 32.2 Å². The van der Waals surface area contributed by atoms with Crippen LogP contribution in [-0.2, 0) is 32.0 Å². The molecule has 4 amide bonds. The first kappa shape index (κ1) is 25.9. The smallest absolute Gasteiger partial charge is 0.246 e. The zero-order valence-corrected chi connectivity index (χ0v) is 21.3. The molecule has 5 rings (SSSR count). The van der Waals surface area contributed by atoms with E-state index in [-0.39, 0.29) is 43.0 Å². The van der Waals surface area contributed by atoms with Crippen LogP contribution in [0.5, 0.6) is 0 Å². The van der Waals surface area contributed by atoms with Gasteiger partial charge in [0.25, 0.3) is 0 Å². The molecule has 38 heavy (non-hydrogen) atoms. The number of hydrogen-bond acceptors (Lipinski definition) is 5. The molecule has 0 aliphatic carbocycles. The minimum absolute atomic E-state index is 0.0220. The van der Waals surface area contributed by atoms with Gasteiger partial charge in [-0.3, -0.25) is 19.2 Å². The first-order valence-corrected chi connectivity index (χ1v) is 13.4. The quantitative estimate of drug-likeness (QED) is 0.553. The summed E-state index contributed by atoms with van der Waals surface area (Å²) in [5.74, 6) is -1.35. The van der Waals surface area contributed by atoms with Crippen LogP contribution in [0.3, 0.4) is 0 Å². The molecule has 3 heterocycles. The number of hydrogen-bond donors (Lipinski definition) is 3. The highest BCUT2D eigenvalue weighted by Gasteiger charge is 2.46. The molecule has 2 aromatic carbocycles. The van der Waals surface area contributed by atoms with E-state index in [1.807, 2.05) is 60.7 Å². The van der Waals surface area contributed by atoms with Crippen LogP contribution in [0, 0.1) is 0 Å².